The maximum absolute atomic E-state index is 10.4. The molecule has 0 aliphatic rings. The Bertz CT molecular complexity index is 127. The molecule has 66 valence electrons. The highest BCUT2D eigenvalue weighted by Crippen LogP contribution is 1.92. The number of quaternary nitrogens is 1. The summed E-state index contributed by atoms with van der Waals surface area (Å²) in [5, 5.41) is 0. The Kier molecular flexibility index (Phi) is 4.81. The Labute approximate surface area is 66.7 Å². The normalized spacial score (nSPS) is 15.6. The van der Waals surface area contributed by atoms with Gasteiger partial charge in [-0.25, -0.2) is 0 Å². The quantitative estimate of drug-likeness (QED) is 0.550. The molecule has 0 amide bonds. The van der Waals surface area contributed by atoms with E-state index in [9.17, 15) is 4.79 Å². The van der Waals surface area contributed by atoms with Crippen molar-refractivity contribution in [2.24, 2.45) is 0 Å². The van der Waals surface area contributed by atoms with Crippen LogP contribution in [0, 0.1) is 0 Å². The second kappa shape index (κ2) is 5.09. The predicted octanol–water partition coefficient (Wildman–Crippen LogP) is -0.805. The topological polar surface area (TPSA) is 63.2 Å². The number of carbonyl (C=O) groups is 1. The van der Waals surface area contributed by atoms with Crippen LogP contribution in [0.25, 0.3) is 0 Å². The Balaban J connectivity index is 3.51. The zero-order valence-corrected chi connectivity index (χ0v) is 7.29. The van der Waals surface area contributed by atoms with Gasteiger partial charge in [-0.15, -0.1) is 0 Å². The van der Waals surface area contributed by atoms with Gasteiger partial charge in [-0.05, 0) is 6.92 Å². The van der Waals surface area contributed by atoms with Gasteiger partial charge in [0.05, 0.1) is 0 Å². The van der Waals surface area contributed by atoms with Gasteiger partial charge in [0, 0.05) is 14.0 Å². The number of hydrogen-bond donors (Lipinski definition) is 1. The molecule has 0 rings (SSSR count). The lowest BCUT2D eigenvalue weighted by atomic mass is 10.2. The lowest BCUT2D eigenvalue weighted by Crippen LogP contribution is -2.68. The zero-order chi connectivity index (χ0) is 8.85. The van der Waals surface area contributed by atoms with Gasteiger partial charge in [0.1, 0.15) is 18.8 Å². The van der Waals surface area contributed by atoms with E-state index in [4.69, 9.17) is 9.47 Å². The molecule has 2 unspecified atom stereocenters. The minimum absolute atomic E-state index is 0.00361. The first-order chi connectivity index (χ1) is 5.07. The summed E-state index contributed by atoms with van der Waals surface area (Å²) in [4.78, 5) is 10.4. The van der Waals surface area contributed by atoms with Crippen LogP contribution in [-0.4, -0.2) is 31.8 Å². The maximum Gasteiger partial charge on any atom is 0.302 e. The van der Waals surface area contributed by atoms with E-state index >= 15 is 0 Å². The van der Waals surface area contributed by atoms with Crippen molar-refractivity contribution in [1.29, 1.82) is 0 Å². The fourth-order valence-electron chi connectivity index (χ4n) is 0.552. The molecule has 0 bridgehead atoms. The van der Waals surface area contributed by atoms with Crippen molar-refractivity contribution in [3.63, 3.8) is 0 Å². The van der Waals surface area contributed by atoms with E-state index in [1.54, 1.807) is 7.11 Å². The van der Waals surface area contributed by atoms with E-state index in [1.165, 1.54) is 6.92 Å². The smallest absolute Gasteiger partial charge is 0.302 e. The first-order valence-corrected chi connectivity index (χ1v) is 3.57. The standard InChI is InChI=1S/C7H15NO3/c1-5(10-3)7(8)4-11-6(2)9/h5,7H,4,8H2,1-3H3/p+1. The molecular formula is C7H16NO3+. The van der Waals surface area contributed by atoms with Crippen LogP contribution in [0.3, 0.4) is 0 Å². The van der Waals surface area contributed by atoms with Gasteiger partial charge in [-0.3, -0.25) is 4.79 Å². The first kappa shape index (κ1) is 10.4. The molecule has 0 heterocycles. The number of hydrogen-bond acceptors (Lipinski definition) is 3. The van der Waals surface area contributed by atoms with E-state index in [2.05, 4.69) is 5.73 Å². The molecule has 0 aromatic carbocycles. The molecule has 0 saturated heterocycles. The number of rotatable bonds is 4. The Morgan fingerprint density at radius 3 is 2.55 bits per heavy atom. The summed E-state index contributed by atoms with van der Waals surface area (Å²) in [6.07, 6.45) is 0.0225. The number of carbonyl (C=O) groups excluding carboxylic acids is 1. The summed E-state index contributed by atoms with van der Waals surface area (Å²) in [7, 11) is 1.61. The van der Waals surface area contributed by atoms with E-state index in [0.717, 1.165) is 0 Å². The van der Waals surface area contributed by atoms with Crippen molar-refractivity contribution >= 4 is 5.97 Å². The number of methoxy groups -OCH3 is 1. The molecule has 0 aromatic heterocycles. The van der Waals surface area contributed by atoms with Crippen LogP contribution in [0.5, 0.6) is 0 Å². The lowest BCUT2D eigenvalue weighted by molar-refractivity contribution is -0.442. The average molecular weight is 162 g/mol. The van der Waals surface area contributed by atoms with Crippen molar-refractivity contribution < 1.29 is 20.0 Å². The third kappa shape index (κ3) is 4.75. The highest BCUT2D eigenvalue weighted by Gasteiger charge is 2.16. The third-order valence-corrected chi connectivity index (χ3v) is 1.54. The van der Waals surface area contributed by atoms with Gasteiger partial charge in [0.25, 0.3) is 0 Å². The van der Waals surface area contributed by atoms with E-state index in [-0.39, 0.29) is 18.1 Å². The fourth-order valence-corrected chi connectivity index (χ4v) is 0.552. The van der Waals surface area contributed by atoms with Crippen LogP contribution in [0.4, 0.5) is 0 Å². The monoisotopic (exact) mass is 162 g/mol. The van der Waals surface area contributed by atoms with E-state index in [0.29, 0.717) is 6.61 Å². The second-order valence-corrected chi connectivity index (χ2v) is 2.50. The molecule has 0 aliphatic carbocycles. The van der Waals surface area contributed by atoms with Crippen LogP contribution in [0.1, 0.15) is 13.8 Å². The van der Waals surface area contributed by atoms with Gasteiger partial charge in [0.15, 0.2) is 0 Å². The van der Waals surface area contributed by atoms with Crippen molar-refractivity contribution in [3.8, 4) is 0 Å². The summed E-state index contributed by atoms with van der Waals surface area (Å²) in [6, 6.07) is 0.00361. The minimum Gasteiger partial charge on any atom is -0.459 e. The first-order valence-electron chi connectivity index (χ1n) is 3.57. The molecule has 0 fully saturated rings. The number of esters is 1. The SMILES string of the molecule is COC(C)C([NH3+])COC(C)=O. The largest absolute Gasteiger partial charge is 0.459 e. The van der Waals surface area contributed by atoms with Crippen LogP contribution in [0.2, 0.25) is 0 Å². The zero-order valence-electron chi connectivity index (χ0n) is 7.29. The van der Waals surface area contributed by atoms with E-state index < -0.39 is 0 Å². The van der Waals surface area contributed by atoms with Crippen molar-refractivity contribution in [2.45, 2.75) is 26.0 Å². The molecule has 3 N–H and O–H groups in total. The molecule has 11 heavy (non-hydrogen) atoms. The van der Waals surface area contributed by atoms with Crippen molar-refractivity contribution in [1.82, 2.24) is 0 Å². The lowest BCUT2D eigenvalue weighted by Gasteiger charge is -2.14. The van der Waals surface area contributed by atoms with Crippen LogP contribution in [-0.2, 0) is 14.3 Å². The van der Waals surface area contributed by atoms with Crippen LogP contribution >= 0.6 is 0 Å². The molecule has 4 heteroatoms. The van der Waals surface area contributed by atoms with Crippen molar-refractivity contribution in [3.05, 3.63) is 0 Å². The molecular weight excluding hydrogens is 146 g/mol. The highest BCUT2D eigenvalue weighted by atomic mass is 16.5. The molecule has 0 saturated carbocycles. The van der Waals surface area contributed by atoms with E-state index in [1.807, 2.05) is 6.92 Å². The fraction of sp³-hybridized carbons (Fsp3) is 0.857. The Morgan fingerprint density at radius 1 is 1.64 bits per heavy atom. The summed E-state index contributed by atoms with van der Waals surface area (Å²) in [5.74, 6) is -0.276. The average Bonchev–Trinajstić information content (AvgIpc) is 1.98. The van der Waals surface area contributed by atoms with Crippen molar-refractivity contribution in [2.75, 3.05) is 13.7 Å². The van der Waals surface area contributed by atoms with Crippen LogP contribution in [0.15, 0.2) is 0 Å². The van der Waals surface area contributed by atoms with Gasteiger partial charge < -0.3 is 15.2 Å². The molecule has 4 nitrogen and oxygen atoms in total. The molecule has 0 aliphatic heterocycles. The van der Waals surface area contributed by atoms with Gasteiger partial charge in [-0.2, -0.15) is 0 Å². The highest BCUT2D eigenvalue weighted by molar-refractivity contribution is 5.65. The minimum atomic E-state index is -0.276. The molecule has 0 aromatic rings. The molecule has 0 spiro atoms. The summed E-state index contributed by atoms with van der Waals surface area (Å²) >= 11 is 0. The summed E-state index contributed by atoms with van der Waals surface area (Å²) in [5.41, 5.74) is 3.78. The second-order valence-electron chi connectivity index (χ2n) is 2.50. The Hall–Kier alpha value is -0.610. The third-order valence-electron chi connectivity index (χ3n) is 1.54. The number of ether oxygens (including phenoxy) is 2. The maximum atomic E-state index is 10.4. The summed E-state index contributed by atoms with van der Waals surface area (Å²) < 4.78 is 9.74. The van der Waals surface area contributed by atoms with Gasteiger partial charge in [-0.1, -0.05) is 0 Å². The summed E-state index contributed by atoms with van der Waals surface area (Å²) in [6.45, 7) is 3.59. The molecule has 2 atom stereocenters. The molecule has 0 radical (unpaired) electrons. The Morgan fingerprint density at radius 2 is 2.18 bits per heavy atom. The van der Waals surface area contributed by atoms with Crippen LogP contribution < -0.4 is 5.73 Å². The van der Waals surface area contributed by atoms with Gasteiger partial charge in [0.2, 0.25) is 0 Å². The van der Waals surface area contributed by atoms with Gasteiger partial charge >= 0.3 is 5.97 Å². The predicted molar refractivity (Wildman–Crippen MR) is 39.8 cm³/mol.